The number of rotatable bonds is 3. The van der Waals surface area contributed by atoms with Crippen LogP contribution in [-0.4, -0.2) is 15.4 Å². The van der Waals surface area contributed by atoms with Gasteiger partial charge in [-0.2, -0.15) is 4.99 Å². The van der Waals surface area contributed by atoms with E-state index in [9.17, 15) is 14.9 Å². The quantitative estimate of drug-likeness (QED) is 0.371. The van der Waals surface area contributed by atoms with Crippen molar-refractivity contribution in [3.63, 3.8) is 0 Å². The van der Waals surface area contributed by atoms with Gasteiger partial charge < -0.3 is 4.57 Å². The molecule has 0 atom stereocenters. The van der Waals surface area contributed by atoms with Crippen molar-refractivity contribution in [2.45, 2.75) is 6.54 Å². The van der Waals surface area contributed by atoms with E-state index in [1.807, 2.05) is 6.07 Å². The fraction of sp³-hybridized carbons (Fsp3) is 0.0588. The Balaban J connectivity index is 2.17. The Hall–Kier alpha value is -2.76. The second-order valence-corrected chi connectivity index (χ2v) is 6.94. The molecule has 0 aliphatic heterocycles. The molecule has 0 saturated heterocycles. The van der Waals surface area contributed by atoms with Crippen molar-refractivity contribution in [1.29, 1.82) is 0 Å². The number of hydrogen-bond donors (Lipinski definition) is 0. The molecule has 0 radical (unpaired) electrons. The van der Waals surface area contributed by atoms with E-state index in [1.165, 1.54) is 23.5 Å². The number of hydrogen-bond acceptors (Lipinski definition) is 4. The summed E-state index contributed by atoms with van der Waals surface area (Å²) >= 11 is 4.50. The van der Waals surface area contributed by atoms with Crippen molar-refractivity contribution >= 4 is 49.1 Å². The van der Waals surface area contributed by atoms with E-state index in [4.69, 9.17) is 6.42 Å². The van der Waals surface area contributed by atoms with Crippen molar-refractivity contribution in [3.05, 3.63) is 67.4 Å². The van der Waals surface area contributed by atoms with E-state index in [2.05, 4.69) is 26.8 Å². The fourth-order valence-corrected chi connectivity index (χ4v) is 3.74. The number of non-ortho nitro benzene ring substituents is 1. The summed E-state index contributed by atoms with van der Waals surface area (Å²) in [6.07, 6.45) is 5.41. The molecule has 0 fully saturated rings. The van der Waals surface area contributed by atoms with E-state index in [1.54, 1.807) is 28.8 Å². The monoisotopic (exact) mass is 415 g/mol. The number of halogens is 1. The maximum Gasteiger partial charge on any atom is 0.279 e. The first-order valence-electron chi connectivity index (χ1n) is 7.05. The Morgan fingerprint density at radius 3 is 2.84 bits per heavy atom. The first kappa shape index (κ1) is 17.1. The minimum Gasteiger partial charge on any atom is -0.305 e. The van der Waals surface area contributed by atoms with Crippen LogP contribution in [0.2, 0.25) is 0 Å². The third-order valence-corrected chi connectivity index (χ3v) is 4.93. The molecule has 0 bridgehead atoms. The summed E-state index contributed by atoms with van der Waals surface area (Å²) in [6.45, 7) is 0.211. The third-order valence-electron chi connectivity index (χ3n) is 3.40. The zero-order valence-electron chi connectivity index (χ0n) is 12.7. The Kier molecular flexibility index (Phi) is 4.79. The lowest BCUT2D eigenvalue weighted by Crippen LogP contribution is -2.16. The number of aromatic nitrogens is 1. The third kappa shape index (κ3) is 3.52. The van der Waals surface area contributed by atoms with Crippen LogP contribution in [0.25, 0.3) is 10.2 Å². The van der Waals surface area contributed by atoms with Gasteiger partial charge in [0.15, 0.2) is 4.80 Å². The second-order valence-electron chi connectivity index (χ2n) is 5.01. The molecule has 25 heavy (non-hydrogen) atoms. The van der Waals surface area contributed by atoms with E-state index >= 15 is 0 Å². The first-order chi connectivity index (χ1) is 12.0. The van der Waals surface area contributed by atoms with Gasteiger partial charge in [0.25, 0.3) is 11.6 Å². The average molecular weight is 416 g/mol. The molecule has 0 unspecified atom stereocenters. The Morgan fingerprint density at radius 2 is 2.16 bits per heavy atom. The van der Waals surface area contributed by atoms with Crippen molar-refractivity contribution < 1.29 is 9.72 Å². The van der Waals surface area contributed by atoms with E-state index in [0.717, 1.165) is 4.47 Å². The highest BCUT2D eigenvalue weighted by molar-refractivity contribution is 9.10. The molecule has 8 heteroatoms. The predicted octanol–water partition coefficient (Wildman–Crippen LogP) is 3.75. The van der Waals surface area contributed by atoms with Gasteiger partial charge in [0.05, 0.1) is 21.7 Å². The van der Waals surface area contributed by atoms with Crippen LogP contribution in [0.5, 0.6) is 0 Å². The lowest BCUT2D eigenvalue weighted by atomic mass is 10.2. The molecule has 0 aliphatic carbocycles. The predicted molar refractivity (Wildman–Crippen MR) is 99.3 cm³/mol. The molecule has 0 spiro atoms. The maximum absolute atomic E-state index is 12.4. The van der Waals surface area contributed by atoms with Crippen LogP contribution in [0.4, 0.5) is 5.69 Å². The molecule has 1 amide bonds. The number of carbonyl (C=O) groups is 1. The molecule has 124 valence electrons. The molecule has 6 nitrogen and oxygen atoms in total. The molecular formula is C17H10BrN3O3S. The smallest absolute Gasteiger partial charge is 0.279 e. The summed E-state index contributed by atoms with van der Waals surface area (Å²) < 4.78 is 3.11. The zero-order chi connectivity index (χ0) is 18.0. The fourth-order valence-electron chi connectivity index (χ4n) is 2.28. The number of benzene rings is 2. The number of thiazole rings is 1. The maximum atomic E-state index is 12.4. The highest BCUT2D eigenvalue weighted by Gasteiger charge is 2.13. The highest BCUT2D eigenvalue weighted by Crippen LogP contribution is 2.23. The summed E-state index contributed by atoms with van der Waals surface area (Å²) in [5.74, 6) is 2.11. The summed E-state index contributed by atoms with van der Waals surface area (Å²) in [7, 11) is 0. The van der Waals surface area contributed by atoms with Crippen LogP contribution >= 0.6 is 27.3 Å². The molecule has 0 N–H and O–H groups in total. The topological polar surface area (TPSA) is 77.5 Å². The number of nitrogens with zero attached hydrogens (tertiary/aromatic N) is 3. The zero-order valence-corrected chi connectivity index (χ0v) is 15.1. The van der Waals surface area contributed by atoms with Gasteiger partial charge in [-0.3, -0.25) is 14.9 Å². The summed E-state index contributed by atoms with van der Waals surface area (Å²) in [6, 6.07) is 11.4. The minimum atomic E-state index is -0.464. The van der Waals surface area contributed by atoms with Crippen molar-refractivity contribution in [1.82, 2.24) is 4.57 Å². The Labute approximate surface area is 154 Å². The first-order valence-corrected chi connectivity index (χ1v) is 8.66. The lowest BCUT2D eigenvalue weighted by molar-refractivity contribution is -0.384. The van der Waals surface area contributed by atoms with Crippen LogP contribution in [0.15, 0.2) is 51.9 Å². The van der Waals surface area contributed by atoms with Crippen LogP contribution < -0.4 is 4.80 Å². The van der Waals surface area contributed by atoms with Crippen LogP contribution in [-0.2, 0) is 6.54 Å². The van der Waals surface area contributed by atoms with Gasteiger partial charge in [0.2, 0.25) is 0 Å². The van der Waals surface area contributed by atoms with Gasteiger partial charge in [-0.25, -0.2) is 0 Å². The molecule has 3 rings (SSSR count). The normalized spacial score (nSPS) is 11.4. The van der Waals surface area contributed by atoms with E-state index in [0.29, 0.717) is 20.6 Å². The molecule has 1 heterocycles. The summed E-state index contributed by atoms with van der Waals surface area (Å²) in [5.41, 5.74) is 1.12. The number of amides is 1. The molecule has 0 aliphatic rings. The molecule has 3 aromatic rings. The highest BCUT2D eigenvalue weighted by atomic mass is 79.9. The number of nitro benzene ring substituents is 1. The Morgan fingerprint density at radius 1 is 1.36 bits per heavy atom. The van der Waals surface area contributed by atoms with Crippen LogP contribution in [0.1, 0.15) is 10.4 Å². The number of terminal acetylenes is 1. The van der Waals surface area contributed by atoms with Gasteiger partial charge in [-0.15, -0.1) is 6.42 Å². The summed E-state index contributed by atoms with van der Waals surface area (Å²) in [5, 5.41) is 10.9. The number of fused-ring (bicyclic) bond motifs is 1. The van der Waals surface area contributed by atoms with Crippen LogP contribution in [0.3, 0.4) is 0 Å². The minimum absolute atomic E-state index is 0.0218. The second kappa shape index (κ2) is 7.01. The van der Waals surface area contributed by atoms with Crippen molar-refractivity contribution in [3.8, 4) is 12.3 Å². The molecule has 1 aromatic heterocycles. The van der Waals surface area contributed by atoms with E-state index < -0.39 is 10.8 Å². The van der Waals surface area contributed by atoms with Crippen molar-refractivity contribution in [2.24, 2.45) is 4.99 Å². The van der Waals surface area contributed by atoms with Crippen LogP contribution in [0, 0.1) is 22.5 Å². The largest absolute Gasteiger partial charge is 0.305 e. The SMILES string of the molecule is C#CCn1c(=NC(=O)c2cccc(Br)c2)sc2cc([N+](=O)[O-])ccc21. The van der Waals surface area contributed by atoms with Gasteiger partial charge in [-0.1, -0.05) is 39.3 Å². The molecule has 2 aromatic carbocycles. The molecule has 0 saturated carbocycles. The van der Waals surface area contributed by atoms with E-state index in [-0.39, 0.29) is 12.2 Å². The number of carbonyl (C=O) groups excluding carboxylic acids is 1. The van der Waals surface area contributed by atoms with Gasteiger partial charge in [-0.05, 0) is 24.3 Å². The van der Waals surface area contributed by atoms with Gasteiger partial charge >= 0.3 is 0 Å². The summed E-state index contributed by atoms with van der Waals surface area (Å²) in [4.78, 5) is 27.5. The van der Waals surface area contributed by atoms with Gasteiger partial charge in [0.1, 0.15) is 0 Å². The standard InChI is InChI=1S/C17H10BrN3O3S/c1-2-8-20-14-7-6-13(21(23)24)10-15(14)25-17(20)19-16(22)11-4-3-5-12(18)9-11/h1,3-7,9-10H,8H2. The average Bonchev–Trinajstić information content (AvgIpc) is 2.92. The van der Waals surface area contributed by atoms with Gasteiger partial charge in [0, 0.05) is 22.2 Å². The lowest BCUT2D eigenvalue weighted by Gasteiger charge is -2.00. The number of nitro groups is 1. The Bertz CT molecular complexity index is 1110. The molecular weight excluding hydrogens is 406 g/mol. The van der Waals surface area contributed by atoms with Crippen molar-refractivity contribution in [2.75, 3.05) is 0 Å².